The van der Waals surface area contributed by atoms with Gasteiger partial charge >= 0.3 is 0 Å². The molecule has 1 N–H and O–H groups in total. The molecular weight excluding hydrogens is 238 g/mol. The average Bonchev–Trinajstić information content (AvgIpc) is 2.26. The van der Waals surface area contributed by atoms with Gasteiger partial charge in [-0.05, 0) is 39.0 Å². The smallest absolute Gasteiger partial charge is 0.177 e. The van der Waals surface area contributed by atoms with Crippen molar-refractivity contribution in [1.82, 2.24) is 0 Å². The number of halogens is 1. The summed E-state index contributed by atoms with van der Waals surface area (Å²) in [5.41, 5.74) is 0.780. The number of carbonyl (C=O) groups is 1. The molecule has 0 spiro atoms. The number of Topliss-reactive ketones (excluding diaryl/α,β-unsaturated/α-hetero) is 1. The third-order valence-electron chi connectivity index (χ3n) is 2.06. The molecule has 0 aliphatic carbocycles. The Morgan fingerprint density at radius 3 is 2.65 bits per heavy atom. The van der Waals surface area contributed by atoms with Gasteiger partial charge in [0.1, 0.15) is 5.75 Å². The van der Waals surface area contributed by atoms with Crippen molar-refractivity contribution in [2.24, 2.45) is 4.99 Å². The van der Waals surface area contributed by atoms with E-state index in [1.807, 2.05) is 20.8 Å². The van der Waals surface area contributed by atoms with Gasteiger partial charge < -0.3 is 5.11 Å². The Hall–Kier alpha value is -1.35. The Bertz CT molecular complexity index is 447. The van der Waals surface area contributed by atoms with Crippen LogP contribution in [-0.4, -0.2) is 28.5 Å². The van der Waals surface area contributed by atoms with Crippen molar-refractivity contribution in [1.29, 1.82) is 0 Å². The number of aromatic hydroxyl groups is 1. The molecule has 92 valence electrons. The summed E-state index contributed by atoms with van der Waals surface area (Å²) in [4.78, 5) is 15.7. The molecule has 4 heteroatoms. The van der Waals surface area contributed by atoms with E-state index in [9.17, 15) is 9.90 Å². The zero-order valence-electron chi connectivity index (χ0n) is 10.2. The molecule has 1 rings (SSSR count). The summed E-state index contributed by atoms with van der Waals surface area (Å²) in [5, 5.41) is 9.65. The van der Waals surface area contributed by atoms with E-state index in [-0.39, 0.29) is 23.0 Å². The lowest BCUT2D eigenvalue weighted by Crippen LogP contribution is -2.10. The van der Waals surface area contributed by atoms with Crippen molar-refractivity contribution in [3.63, 3.8) is 0 Å². The quantitative estimate of drug-likeness (QED) is 0.511. The summed E-state index contributed by atoms with van der Waals surface area (Å²) in [6.07, 6.45) is 1.57. The number of aliphatic imine (C=N–C) groups is 1. The van der Waals surface area contributed by atoms with Gasteiger partial charge in [-0.2, -0.15) is 0 Å². The number of phenolic OH excluding ortho intramolecular Hbond substituents is 1. The topological polar surface area (TPSA) is 49.7 Å². The van der Waals surface area contributed by atoms with E-state index in [0.29, 0.717) is 11.1 Å². The summed E-state index contributed by atoms with van der Waals surface area (Å²) in [7, 11) is 0. The molecule has 0 bridgehead atoms. The number of nitrogens with zero attached hydrogens (tertiary/aromatic N) is 1. The number of rotatable bonds is 3. The first kappa shape index (κ1) is 13.7. The van der Waals surface area contributed by atoms with Crippen LogP contribution >= 0.6 is 11.6 Å². The van der Waals surface area contributed by atoms with Gasteiger partial charge in [0, 0.05) is 17.3 Å². The lowest BCUT2D eigenvalue weighted by Gasteiger charge is -2.11. The highest BCUT2D eigenvalue weighted by Gasteiger charge is 2.09. The van der Waals surface area contributed by atoms with Gasteiger partial charge in [0.05, 0.1) is 11.4 Å². The maximum atomic E-state index is 11.4. The summed E-state index contributed by atoms with van der Waals surface area (Å²) in [6, 6.07) is 4.62. The molecule has 0 saturated heterocycles. The minimum Gasteiger partial charge on any atom is -0.507 e. The maximum Gasteiger partial charge on any atom is 0.177 e. The summed E-state index contributed by atoms with van der Waals surface area (Å²) >= 11 is 5.48. The highest BCUT2D eigenvalue weighted by atomic mass is 35.5. The van der Waals surface area contributed by atoms with Crippen molar-refractivity contribution in [2.45, 2.75) is 26.3 Å². The Morgan fingerprint density at radius 1 is 1.47 bits per heavy atom. The molecular formula is C13H16ClNO2. The molecule has 1 aromatic carbocycles. The van der Waals surface area contributed by atoms with Crippen molar-refractivity contribution >= 4 is 23.6 Å². The minimum atomic E-state index is -0.223. The second kappa shape index (κ2) is 5.32. The third kappa shape index (κ3) is 4.19. The van der Waals surface area contributed by atoms with Crippen LogP contribution in [0.3, 0.4) is 0 Å². The van der Waals surface area contributed by atoms with Crippen molar-refractivity contribution in [3.8, 4) is 5.75 Å². The van der Waals surface area contributed by atoms with Gasteiger partial charge in [-0.3, -0.25) is 9.79 Å². The summed E-state index contributed by atoms with van der Waals surface area (Å²) in [6.45, 7) is 5.86. The molecule has 0 saturated carbocycles. The number of alkyl halides is 1. The number of phenols is 1. The van der Waals surface area contributed by atoms with Gasteiger partial charge in [0.25, 0.3) is 0 Å². The molecule has 0 unspecified atom stereocenters. The van der Waals surface area contributed by atoms with Gasteiger partial charge in [-0.1, -0.05) is 0 Å². The van der Waals surface area contributed by atoms with Crippen LogP contribution in [0.15, 0.2) is 23.2 Å². The standard InChI is InChI=1S/C13H16ClNO2/c1-13(2,3)15-8-10-6-9(12(17)7-14)4-5-11(10)16/h4-6,8,16H,7H2,1-3H3. The fourth-order valence-corrected chi connectivity index (χ4v) is 1.33. The van der Waals surface area contributed by atoms with Crippen LogP contribution in [0.5, 0.6) is 5.75 Å². The monoisotopic (exact) mass is 253 g/mol. The molecule has 0 heterocycles. The molecule has 0 aromatic heterocycles. The average molecular weight is 254 g/mol. The molecule has 3 nitrogen and oxygen atoms in total. The van der Waals surface area contributed by atoms with Crippen molar-refractivity contribution < 1.29 is 9.90 Å². The van der Waals surface area contributed by atoms with E-state index >= 15 is 0 Å². The fraction of sp³-hybridized carbons (Fsp3) is 0.385. The molecule has 0 amide bonds. The highest BCUT2D eigenvalue weighted by Crippen LogP contribution is 2.18. The van der Waals surface area contributed by atoms with E-state index in [4.69, 9.17) is 11.6 Å². The first-order chi connectivity index (χ1) is 7.83. The third-order valence-corrected chi connectivity index (χ3v) is 2.30. The first-order valence-electron chi connectivity index (χ1n) is 5.31. The van der Waals surface area contributed by atoms with Crippen molar-refractivity contribution in [3.05, 3.63) is 29.3 Å². The zero-order valence-corrected chi connectivity index (χ0v) is 11.0. The Morgan fingerprint density at radius 2 is 2.12 bits per heavy atom. The van der Waals surface area contributed by atoms with Crippen LogP contribution in [0.2, 0.25) is 0 Å². The molecule has 0 atom stereocenters. The number of benzene rings is 1. The number of hydrogen-bond acceptors (Lipinski definition) is 3. The summed E-state index contributed by atoms with van der Waals surface area (Å²) < 4.78 is 0. The van der Waals surface area contributed by atoms with Crippen LogP contribution < -0.4 is 0 Å². The van der Waals surface area contributed by atoms with Crippen LogP contribution in [-0.2, 0) is 0 Å². The van der Waals surface area contributed by atoms with Crippen molar-refractivity contribution in [2.75, 3.05) is 5.88 Å². The second-order valence-corrected chi connectivity index (χ2v) is 5.03. The Kier molecular flexibility index (Phi) is 4.29. The number of hydrogen-bond donors (Lipinski definition) is 1. The predicted molar refractivity (Wildman–Crippen MR) is 70.5 cm³/mol. The molecule has 0 aliphatic rings. The SMILES string of the molecule is CC(C)(C)N=Cc1cc(C(=O)CCl)ccc1O. The lowest BCUT2D eigenvalue weighted by atomic mass is 10.1. The minimum absolute atomic E-state index is 0.0688. The summed E-state index contributed by atoms with van der Waals surface area (Å²) in [5.74, 6) is -0.137. The largest absolute Gasteiger partial charge is 0.507 e. The van der Waals surface area contributed by atoms with E-state index in [0.717, 1.165) is 0 Å². The van der Waals surface area contributed by atoms with Crippen LogP contribution in [0.4, 0.5) is 0 Å². The second-order valence-electron chi connectivity index (χ2n) is 4.76. The highest BCUT2D eigenvalue weighted by molar-refractivity contribution is 6.30. The molecule has 0 fully saturated rings. The van der Waals surface area contributed by atoms with Gasteiger partial charge in [0.15, 0.2) is 5.78 Å². The fourth-order valence-electron chi connectivity index (χ4n) is 1.17. The van der Waals surface area contributed by atoms with Gasteiger partial charge in [-0.25, -0.2) is 0 Å². The van der Waals surface area contributed by atoms with Gasteiger partial charge in [0.2, 0.25) is 0 Å². The van der Waals surface area contributed by atoms with Crippen LogP contribution in [0, 0.1) is 0 Å². The Labute approximate surface area is 106 Å². The molecule has 0 radical (unpaired) electrons. The van der Waals surface area contributed by atoms with Crippen LogP contribution in [0.1, 0.15) is 36.7 Å². The molecule has 1 aromatic rings. The zero-order chi connectivity index (χ0) is 13.1. The first-order valence-corrected chi connectivity index (χ1v) is 5.84. The molecule has 17 heavy (non-hydrogen) atoms. The van der Waals surface area contributed by atoms with E-state index < -0.39 is 0 Å². The number of ketones is 1. The number of carbonyl (C=O) groups excluding carboxylic acids is 1. The Balaban J connectivity index is 3.07. The molecule has 0 aliphatic heterocycles. The lowest BCUT2D eigenvalue weighted by molar-refractivity contribution is 0.102. The van der Waals surface area contributed by atoms with E-state index in [2.05, 4.69) is 4.99 Å². The normalized spacial score (nSPS) is 12.0. The van der Waals surface area contributed by atoms with Crippen LogP contribution in [0.25, 0.3) is 0 Å². The van der Waals surface area contributed by atoms with Gasteiger partial charge in [-0.15, -0.1) is 11.6 Å². The van der Waals surface area contributed by atoms with E-state index in [1.165, 1.54) is 6.07 Å². The predicted octanol–water partition coefficient (Wildman–Crippen LogP) is 3.03. The van der Waals surface area contributed by atoms with E-state index in [1.54, 1.807) is 18.3 Å². The maximum absolute atomic E-state index is 11.4.